The van der Waals surface area contributed by atoms with E-state index in [4.69, 9.17) is 16.9 Å². The highest BCUT2D eigenvalue weighted by molar-refractivity contribution is 6.31. The second-order valence-electron chi connectivity index (χ2n) is 6.06. The summed E-state index contributed by atoms with van der Waals surface area (Å²) in [5, 5.41) is 15.2. The molecule has 138 valence electrons. The number of carbonyl (C=O) groups excluding carboxylic acids is 2. The van der Waals surface area contributed by atoms with Crippen molar-refractivity contribution in [3.8, 4) is 6.07 Å². The van der Waals surface area contributed by atoms with Gasteiger partial charge in [-0.3, -0.25) is 9.59 Å². The second kappa shape index (κ2) is 8.38. The van der Waals surface area contributed by atoms with Gasteiger partial charge in [0.25, 0.3) is 11.8 Å². The van der Waals surface area contributed by atoms with Crippen molar-refractivity contribution < 1.29 is 9.59 Å². The SMILES string of the molecule is Cc1c(Cl)cccc1NC(=O)c1ccc(C(=O)Nc2ccccc2C#N)cc1. The Morgan fingerprint density at radius 2 is 1.36 bits per heavy atom. The fourth-order valence-electron chi connectivity index (χ4n) is 2.59. The normalized spacial score (nSPS) is 10.0. The quantitative estimate of drug-likeness (QED) is 0.656. The van der Waals surface area contributed by atoms with Gasteiger partial charge in [-0.05, 0) is 61.0 Å². The Bertz CT molecular complexity index is 1090. The molecule has 3 aromatic rings. The Morgan fingerprint density at radius 1 is 0.821 bits per heavy atom. The lowest BCUT2D eigenvalue weighted by Gasteiger charge is -2.10. The molecule has 2 amide bonds. The maximum atomic E-state index is 12.4. The van der Waals surface area contributed by atoms with Gasteiger partial charge in [-0.15, -0.1) is 0 Å². The van der Waals surface area contributed by atoms with Crippen LogP contribution in [0.4, 0.5) is 11.4 Å². The van der Waals surface area contributed by atoms with Crippen LogP contribution in [-0.2, 0) is 0 Å². The van der Waals surface area contributed by atoms with E-state index in [0.29, 0.717) is 33.1 Å². The second-order valence-corrected chi connectivity index (χ2v) is 6.46. The number of hydrogen-bond donors (Lipinski definition) is 2. The number of rotatable bonds is 4. The number of hydrogen-bond acceptors (Lipinski definition) is 3. The van der Waals surface area contributed by atoms with Crippen LogP contribution in [0.25, 0.3) is 0 Å². The van der Waals surface area contributed by atoms with E-state index >= 15 is 0 Å². The van der Waals surface area contributed by atoms with Gasteiger partial charge in [0.2, 0.25) is 0 Å². The molecule has 28 heavy (non-hydrogen) atoms. The average molecular weight is 390 g/mol. The van der Waals surface area contributed by atoms with E-state index in [-0.39, 0.29) is 11.8 Å². The summed E-state index contributed by atoms with van der Waals surface area (Å²) in [7, 11) is 0. The highest BCUT2D eigenvalue weighted by atomic mass is 35.5. The van der Waals surface area contributed by atoms with Crippen molar-refractivity contribution in [3.63, 3.8) is 0 Å². The van der Waals surface area contributed by atoms with Crippen molar-refractivity contribution >= 4 is 34.8 Å². The third-order valence-corrected chi connectivity index (χ3v) is 4.63. The molecule has 0 saturated carbocycles. The molecule has 0 bridgehead atoms. The molecule has 0 saturated heterocycles. The lowest BCUT2D eigenvalue weighted by molar-refractivity contribution is 0.101. The monoisotopic (exact) mass is 389 g/mol. The summed E-state index contributed by atoms with van der Waals surface area (Å²) in [6.45, 7) is 1.82. The lowest BCUT2D eigenvalue weighted by atomic mass is 10.1. The van der Waals surface area contributed by atoms with E-state index in [0.717, 1.165) is 5.56 Å². The molecule has 0 heterocycles. The number of halogens is 1. The molecule has 0 aliphatic heterocycles. The fourth-order valence-corrected chi connectivity index (χ4v) is 2.77. The molecule has 0 atom stereocenters. The highest BCUT2D eigenvalue weighted by Gasteiger charge is 2.12. The number of benzene rings is 3. The van der Waals surface area contributed by atoms with Gasteiger partial charge in [0, 0.05) is 21.8 Å². The summed E-state index contributed by atoms with van der Waals surface area (Å²) in [5.74, 6) is -0.660. The number of para-hydroxylation sites is 1. The maximum Gasteiger partial charge on any atom is 0.255 e. The summed E-state index contributed by atoms with van der Waals surface area (Å²) >= 11 is 6.07. The van der Waals surface area contributed by atoms with Crippen LogP contribution in [0.15, 0.2) is 66.7 Å². The van der Waals surface area contributed by atoms with Crippen molar-refractivity contribution in [2.75, 3.05) is 10.6 Å². The first-order valence-electron chi connectivity index (χ1n) is 8.46. The Kier molecular flexibility index (Phi) is 5.73. The lowest BCUT2D eigenvalue weighted by Crippen LogP contribution is -2.15. The van der Waals surface area contributed by atoms with Crippen LogP contribution >= 0.6 is 11.6 Å². The summed E-state index contributed by atoms with van der Waals surface area (Å²) in [6, 6.07) is 20.3. The van der Waals surface area contributed by atoms with Crippen molar-refractivity contribution in [2.24, 2.45) is 0 Å². The van der Waals surface area contributed by atoms with E-state index in [2.05, 4.69) is 10.6 Å². The topological polar surface area (TPSA) is 82.0 Å². The molecule has 2 N–H and O–H groups in total. The molecule has 3 aromatic carbocycles. The highest BCUT2D eigenvalue weighted by Crippen LogP contribution is 2.23. The molecular weight excluding hydrogens is 374 g/mol. The van der Waals surface area contributed by atoms with E-state index in [9.17, 15) is 9.59 Å². The van der Waals surface area contributed by atoms with Crippen molar-refractivity contribution in [3.05, 3.63) is 94.0 Å². The number of anilines is 2. The molecule has 0 fully saturated rings. The molecule has 0 unspecified atom stereocenters. The molecule has 0 spiro atoms. The van der Waals surface area contributed by atoms with E-state index in [1.54, 1.807) is 66.7 Å². The predicted molar refractivity (Wildman–Crippen MR) is 110 cm³/mol. The van der Waals surface area contributed by atoms with Gasteiger partial charge in [0.05, 0.1) is 11.3 Å². The Morgan fingerprint density at radius 3 is 1.96 bits per heavy atom. The van der Waals surface area contributed by atoms with Gasteiger partial charge in [0.1, 0.15) is 6.07 Å². The molecule has 0 radical (unpaired) electrons. The van der Waals surface area contributed by atoms with Gasteiger partial charge in [-0.2, -0.15) is 5.26 Å². The third-order valence-electron chi connectivity index (χ3n) is 4.22. The van der Waals surface area contributed by atoms with Crippen molar-refractivity contribution in [1.82, 2.24) is 0 Å². The standard InChI is InChI=1S/C22H16ClN3O2/c1-14-18(23)6-4-8-19(14)25-21(27)15-9-11-16(12-10-15)22(28)26-20-7-3-2-5-17(20)13-24/h2-12H,1H3,(H,25,27)(H,26,28). The maximum absolute atomic E-state index is 12.4. The molecular formula is C22H16ClN3O2. The Balaban J connectivity index is 1.72. The zero-order chi connectivity index (χ0) is 20.1. The first-order chi connectivity index (χ1) is 13.5. The summed E-state index contributed by atoms with van der Waals surface area (Å²) in [6.07, 6.45) is 0. The minimum Gasteiger partial charge on any atom is -0.322 e. The molecule has 0 aliphatic rings. The van der Waals surface area contributed by atoms with Crippen molar-refractivity contribution in [1.29, 1.82) is 5.26 Å². The minimum atomic E-state index is -0.361. The molecule has 6 heteroatoms. The van der Waals surface area contributed by atoms with Crippen LogP contribution in [0.1, 0.15) is 31.8 Å². The zero-order valence-electron chi connectivity index (χ0n) is 15.0. The van der Waals surface area contributed by atoms with Gasteiger partial charge in [0.15, 0.2) is 0 Å². The Hall–Kier alpha value is -3.62. The van der Waals surface area contributed by atoms with Crippen LogP contribution in [0.3, 0.4) is 0 Å². The van der Waals surface area contributed by atoms with Crippen LogP contribution in [0.5, 0.6) is 0 Å². The number of carbonyl (C=O) groups is 2. The van der Waals surface area contributed by atoms with E-state index in [1.165, 1.54) is 0 Å². The number of amides is 2. The number of nitriles is 1. The van der Waals surface area contributed by atoms with Gasteiger partial charge in [-0.1, -0.05) is 29.8 Å². The number of nitrogens with zero attached hydrogens (tertiary/aromatic N) is 1. The largest absolute Gasteiger partial charge is 0.322 e. The fraction of sp³-hybridized carbons (Fsp3) is 0.0455. The molecule has 0 aromatic heterocycles. The van der Waals surface area contributed by atoms with Crippen LogP contribution in [-0.4, -0.2) is 11.8 Å². The van der Waals surface area contributed by atoms with E-state index < -0.39 is 0 Å². The number of nitrogens with one attached hydrogen (secondary N) is 2. The van der Waals surface area contributed by atoms with Gasteiger partial charge < -0.3 is 10.6 Å². The van der Waals surface area contributed by atoms with Gasteiger partial charge >= 0.3 is 0 Å². The van der Waals surface area contributed by atoms with Gasteiger partial charge in [-0.25, -0.2) is 0 Å². The minimum absolute atomic E-state index is 0.299. The summed E-state index contributed by atoms with van der Waals surface area (Å²) in [4.78, 5) is 24.8. The molecule has 3 rings (SSSR count). The predicted octanol–water partition coefficient (Wildman–Crippen LogP) is 5.02. The molecule has 0 aliphatic carbocycles. The van der Waals surface area contributed by atoms with E-state index in [1.807, 2.05) is 13.0 Å². The smallest absolute Gasteiger partial charge is 0.255 e. The summed E-state index contributed by atoms with van der Waals surface area (Å²) < 4.78 is 0. The van der Waals surface area contributed by atoms with Crippen LogP contribution < -0.4 is 10.6 Å². The average Bonchev–Trinajstić information content (AvgIpc) is 2.72. The third kappa shape index (κ3) is 4.20. The summed E-state index contributed by atoms with van der Waals surface area (Å²) in [5.41, 5.74) is 3.02. The Labute approximate surface area is 167 Å². The van der Waals surface area contributed by atoms with Crippen LogP contribution in [0, 0.1) is 18.3 Å². The molecule has 5 nitrogen and oxygen atoms in total. The first-order valence-corrected chi connectivity index (χ1v) is 8.84. The zero-order valence-corrected chi connectivity index (χ0v) is 15.7. The van der Waals surface area contributed by atoms with Crippen molar-refractivity contribution in [2.45, 2.75) is 6.92 Å². The first kappa shape index (κ1) is 19.2. The van der Waals surface area contributed by atoms with Crippen LogP contribution in [0.2, 0.25) is 5.02 Å².